The Kier molecular flexibility index (Phi) is 2.27. The molecule has 0 radical (unpaired) electrons. The van der Waals surface area contributed by atoms with E-state index in [1.807, 2.05) is 4.90 Å². The van der Waals surface area contributed by atoms with Crippen molar-refractivity contribution in [3.05, 3.63) is 0 Å². The zero-order valence-corrected chi connectivity index (χ0v) is 6.58. The molecule has 0 saturated carbocycles. The van der Waals surface area contributed by atoms with Crippen molar-refractivity contribution in [3.8, 4) is 0 Å². The summed E-state index contributed by atoms with van der Waals surface area (Å²) >= 11 is 0. The molecular formula is C7H14N2O. The summed E-state index contributed by atoms with van der Waals surface area (Å²) in [5.41, 5.74) is 0. The first-order valence-corrected chi connectivity index (χ1v) is 3.63. The topological polar surface area (TPSA) is 23.6 Å². The predicted octanol–water partition coefficient (Wildman–Crippen LogP) is -0.221. The monoisotopic (exact) mass is 142 g/mol. The highest BCUT2D eigenvalue weighted by Crippen LogP contribution is 2.03. The van der Waals surface area contributed by atoms with Crippen LogP contribution in [0, 0.1) is 0 Å². The molecule has 1 heterocycles. The Hall–Kier alpha value is -0.570. The molecule has 0 N–H and O–H groups in total. The van der Waals surface area contributed by atoms with Gasteiger partial charge in [-0.25, -0.2) is 0 Å². The maximum atomic E-state index is 10.4. The highest BCUT2D eigenvalue weighted by atomic mass is 16.1. The van der Waals surface area contributed by atoms with E-state index in [9.17, 15) is 4.79 Å². The zero-order valence-electron chi connectivity index (χ0n) is 6.58. The number of carbonyl (C=O) groups is 1. The number of amides is 1. The summed E-state index contributed by atoms with van der Waals surface area (Å²) < 4.78 is 0. The molecule has 1 fully saturated rings. The molecule has 0 aromatic rings. The second-order valence-electron chi connectivity index (χ2n) is 2.95. The van der Waals surface area contributed by atoms with Crippen molar-refractivity contribution in [2.45, 2.75) is 13.0 Å². The minimum Gasteiger partial charge on any atom is -0.340 e. The van der Waals surface area contributed by atoms with Crippen molar-refractivity contribution in [2.24, 2.45) is 0 Å². The average molecular weight is 142 g/mol. The predicted molar refractivity (Wildman–Crippen MR) is 39.7 cm³/mol. The van der Waals surface area contributed by atoms with Crippen LogP contribution in [0.25, 0.3) is 0 Å². The summed E-state index contributed by atoms with van der Waals surface area (Å²) in [7, 11) is 2.08. The van der Waals surface area contributed by atoms with Gasteiger partial charge in [0.2, 0.25) is 6.41 Å². The fourth-order valence-corrected chi connectivity index (χ4v) is 1.31. The number of hydrogen-bond acceptors (Lipinski definition) is 2. The highest BCUT2D eigenvalue weighted by Gasteiger charge is 2.18. The van der Waals surface area contributed by atoms with E-state index in [2.05, 4.69) is 18.9 Å². The number of carbonyl (C=O) groups excluding carboxylic acids is 1. The van der Waals surface area contributed by atoms with Crippen LogP contribution in [-0.4, -0.2) is 48.9 Å². The van der Waals surface area contributed by atoms with Gasteiger partial charge in [-0.1, -0.05) is 0 Å². The van der Waals surface area contributed by atoms with Gasteiger partial charge in [-0.3, -0.25) is 4.79 Å². The second kappa shape index (κ2) is 3.01. The lowest BCUT2D eigenvalue weighted by atomic mass is 10.2. The Morgan fingerprint density at radius 1 is 1.50 bits per heavy atom. The van der Waals surface area contributed by atoms with Crippen LogP contribution in [0.5, 0.6) is 0 Å². The standard InChI is InChI=1S/C7H14N2O/c1-7-5-8(2)3-4-9(7)6-10/h6-7H,3-5H2,1-2H3/t7-/m0/s1. The minimum absolute atomic E-state index is 0.385. The molecular weight excluding hydrogens is 128 g/mol. The number of nitrogens with zero attached hydrogens (tertiary/aromatic N) is 2. The molecule has 1 amide bonds. The van der Waals surface area contributed by atoms with Gasteiger partial charge in [0.15, 0.2) is 0 Å². The van der Waals surface area contributed by atoms with Crippen molar-refractivity contribution in [1.82, 2.24) is 9.80 Å². The van der Waals surface area contributed by atoms with Crippen molar-refractivity contribution >= 4 is 6.41 Å². The maximum Gasteiger partial charge on any atom is 0.210 e. The molecule has 0 unspecified atom stereocenters. The molecule has 58 valence electrons. The van der Waals surface area contributed by atoms with Crippen LogP contribution in [0.1, 0.15) is 6.92 Å². The quantitative estimate of drug-likeness (QED) is 0.472. The van der Waals surface area contributed by atoms with E-state index in [4.69, 9.17) is 0 Å². The summed E-state index contributed by atoms with van der Waals surface area (Å²) in [5.74, 6) is 0. The average Bonchev–Trinajstić information content (AvgIpc) is 1.88. The second-order valence-corrected chi connectivity index (χ2v) is 2.95. The van der Waals surface area contributed by atoms with E-state index < -0.39 is 0 Å². The Balaban J connectivity index is 2.43. The van der Waals surface area contributed by atoms with Gasteiger partial charge < -0.3 is 9.80 Å². The molecule has 1 saturated heterocycles. The third kappa shape index (κ3) is 1.48. The van der Waals surface area contributed by atoms with Crippen LogP contribution in [0.15, 0.2) is 0 Å². The maximum absolute atomic E-state index is 10.4. The molecule has 0 aromatic heterocycles. The van der Waals surface area contributed by atoms with Gasteiger partial charge in [-0.2, -0.15) is 0 Å². The zero-order chi connectivity index (χ0) is 7.56. The van der Waals surface area contributed by atoms with E-state index in [1.54, 1.807) is 0 Å². The Bertz CT molecular complexity index is 127. The van der Waals surface area contributed by atoms with Crippen LogP contribution >= 0.6 is 0 Å². The van der Waals surface area contributed by atoms with Crippen LogP contribution < -0.4 is 0 Å². The Labute approximate surface area is 61.6 Å². The number of piperazine rings is 1. The lowest BCUT2D eigenvalue weighted by Gasteiger charge is -2.35. The van der Waals surface area contributed by atoms with Gasteiger partial charge in [0.1, 0.15) is 0 Å². The van der Waals surface area contributed by atoms with Gasteiger partial charge in [0.05, 0.1) is 0 Å². The number of likely N-dealkylation sites (N-methyl/N-ethyl adjacent to an activating group) is 1. The third-order valence-corrected chi connectivity index (χ3v) is 2.02. The molecule has 10 heavy (non-hydrogen) atoms. The molecule has 3 heteroatoms. The summed E-state index contributed by atoms with van der Waals surface area (Å²) in [4.78, 5) is 14.5. The normalized spacial score (nSPS) is 28.6. The summed E-state index contributed by atoms with van der Waals surface area (Å²) in [6, 6.07) is 0.385. The first-order valence-electron chi connectivity index (χ1n) is 3.63. The van der Waals surface area contributed by atoms with E-state index in [-0.39, 0.29) is 0 Å². The highest BCUT2D eigenvalue weighted by molar-refractivity contribution is 5.47. The van der Waals surface area contributed by atoms with E-state index in [1.165, 1.54) is 0 Å². The van der Waals surface area contributed by atoms with Crippen LogP contribution in [0.4, 0.5) is 0 Å². The van der Waals surface area contributed by atoms with Crippen molar-refractivity contribution in [1.29, 1.82) is 0 Å². The first-order chi connectivity index (χ1) is 4.74. The lowest BCUT2D eigenvalue weighted by molar-refractivity contribution is -0.121. The Morgan fingerprint density at radius 3 is 2.70 bits per heavy atom. The SMILES string of the molecule is C[C@H]1CN(C)CCN1C=O. The Morgan fingerprint density at radius 2 is 2.20 bits per heavy atom. The molecule has 1 aliphatic heterocycles. The van der Waals surface area contributed by atoms with E-state index in [0.29, 0.717) is 6.04 Å². The van der Waals surface area contributed by atoms with Gasteiger partial charge in [0.25, 0.3) is 0 Å². The minimum atomic E-state index is 0.385. The summed E-state index contributed by atoms with van der Waals surface area (Å²) in [5, 5.41) is 0. The molecule has 1 aliphatic rings. The fraction of sp³-hybridized carbons (Fsp3) is 0.857. The summed E-state index contributed by atoms with van der Waals surface area (Å²) in [6.07, 6.45) is 0.942. The van der Waals surface area contributed by atoms with Crippen LogP contribution in [-0.2, 0) is 4.79 Å². The number of hydrogen-bond donors (Lipinski definition) is 0. The molecule has 0 aromatic carbocycles. The van der Waals surface area contributed by atoms with Crippen LogP contribution in [0.3, 0.4) is 0 Å². The van der Waals surface area contributed by atoms with E-state index in [0.717, 1.165) is 26.0 Å². The van der Waals surface area contributed by atoms with Gasteiger partial charge in [0, 0.05) is 25.7 Å². The molecule has 1 rings (SSSR count). The largest absolute Gasteiger partial charge is 0.340 e. The van der Waals surface area contributed by atoms with Gasteiger partial charge in [-0.15, -0.1) is 0 Å². The smallest absolute Gasteiger partial charge is 0.210 e. The lowest BCUT2D eigenvalue weighted by Crippen LogP contribution is -2.49. The first kappa shape index (κ1) is 7.54. The molecule has 0 aliphatic carbocycles. The van der Waals surface area contributed by atoms with Crippen molar-refractivity contribution < 1.29 is 4.79 Å². The molecule has 0 spiro atoms. The van der Waals surface area contributed by atoms with Crippen molar-refractivity contribution in [3.63, 3.8) is 0 Å². The third-order valence-electron chi connectivity index (χ3n) is 2.02. The van der Waals surface area contributed by atoms with Gasteiger partial charge in [-0.05, 0) is 14.0 Å². The molecule has 0 bridgehead atoms. The van der Waals surface area contributed by atoms with Crippen LogP contribution in [0.2, 0.25) is 0 Å². The summed E-state index contributed by atoms with van der Waals surface area (Å²) in [6.45, 7) is 4.95. The van der Waals surface area contributed by atoms with E-state index >= 15 is 0 Å². The molecule has 3 nitrogen and oxygen atoms in total. The van der Waals surface area contributed by atoms with Gasteiger partial charge >= 0.3 is 0 Å². The number of rotatable bonds is 1. The fourth-order valence-electron chi connectivity index (χ4n) is 1.31. The van der Waals surface area contributed by atoms with Crippen molar-refractivity contribution in [2.75, 3.05) is 26.7 Å². The molecule has 1 atom stereocenters.